The highest BCUT2D eigenvalue weighted by molar-refractivity contribution is 9.10. The van der Waals surface area contributed by atoms with Gasteiger partial charge in [0.15, 0.2) is 0 Å². The summed E-state index contributed by atoms with van der Waals surface area (Å²) in [6.45, 7) is 1.93. The summed E-state index contributed by atoms with van der Waals surface area (Å²) in [5.41, 5.74) is 2.15. The van der Waals surface area contributed by atoms with Crippen LogP contribution in [0.4, 0.5) is 11.4 Å². The van der Waals surface area contributed by atoms with Gasteiger partial charge in [0.2, 0.25) is 0 Å². The average molecular weight is 480 g/mol. The van der Waals surface area contributed by atoms with Crippen molar-refractivity contribution in [3.8, 4) is 0 Å². The van der Waals surface area contributed by atoms with Gasteiger partial charge < -0.3 is 10.6 Å². The molecule has 156 valence electrons. The molecule has 0 aliphatic rings. The van der Waals surface area contributed by atoms with Crippen LogP contribution in [0.1, 0.15) is 21.5 Å². The Balaban J connectivity index is 1.94. The first-order valence-corrected chi connectivity index (χ1v) is 10.0. The molecule has 31 heavy (non-hydrogen) atoms. The molecule has 0 aromatic heterocycles. The van der Waals surface area contributed by atoms with Crippen LogP contribution in [0.5, 0.6) is 0 Å². The fourth-order valence-corrected chi connectivity index (χ4v) is 3.19. The first-order chi connectivity index (χ1) is 14.8. The molecule has 0 aliphatic carbocycles. The molecule has 3 rings (SSSR count). The van der Waals surface area contributed by atoms with E-state index in [1.54, 1.807) is 42.5 Å². The van der Waals surface area contributed by atoms with Crippen molar-refractivity contribution in [2.24, 2.45) is 0 Å². The van der Waals surface area contributed by atoms with Gasteiger partial charge in [-0.2, -0.15) is 0 Å². The molecular weight excluding hydrogens is 462 g/mol. The van der Waals surface area contributed by atoms with E-state index in [0.717, 1.165) is 5.56 Å². The first-order valence-electron chi connectivity index (χ1n) is 9.23. The lowest BCUT2D eigenvalue weighted by Gasteiger charge is -2.12. The maximum Gasteiger partial charge on any atom is 0.272 e. The van der Waals surface area contributed by atoms with Crippen LogP contribution in [-0.4, -0.2) is 16.7 Å². The SMILES string of the molecule is Cc1ccc(NC(=O)/C(=C\c2cccc([N+](=O)[O-])c2)NC(=O)c2ccccc2Br)cc1. The number of nitrogens with one attached hydrogen (secondary N) is 2. The molecule has 2 N–H and O–H groups in total. The van der Waals surface area contributed by atoms with E-state index in [4.69, 9.17) is 0 Å². The van der Waals surface area contributed by atoms with Gasteiger partial charge in [-0.3, -0.25) is 19.7 Å². The van der Waals surface area contributed by atoms with E-state index < -0.39 is 16.7 Å². The summed E-state index contributed by atoms with van der Waals surface area (Å²) >= 11 is 3.32. The second kappa shape index (κ2) is 9.82. The zero-order valence-electron chi connectivity index (χ0n) is 16.5. The van der Waals surface area contributed by atoms with E-state index in [1.165, 1.54) is 24.3 Å². The summed E-state index contributed by atoms with van der Waals surface area (Å²) < 4.78 is 0.571. The van der Waals surface area contributed by atoms with E-state index in [-0.39, 0.29) is 11.4 Å². The van der Waals surface area contributed by atoms with Crippen LogP contribution >= 0.6 is 15.9 Å². The molecule has 0 heterocycles. The maximum absolute atomic E-state index is 12.9. The third kappa shape index (κ3) is 5.86. The molecule has 2 amide bonds. The molecule has 0 fully saturated rings. The minimum absolute atomic E-state index is 0.0539. The van der Waals surface area contributed by atoms with Gasteiger partial charge in [0.25, 0.3) is 17.5 Å². The van der Waals surface area contributed by atoms with Crippen molar-refractivity contribution in [2.45, 2.75) is 6.92 Å². The van der Waals surface area contributed by atoms with Crippen LogP contribution in [0.25, 0.3) is 6.08 Å². The summed E-state index contributed by atoms with van der Waals surface area (Å²) in [6, 6.07) is 19.8. The molecule has 0 unspecified atom stereocenters. The van der Waals surface area contributed by atoms with Gasteiger partial charge in [0.1, 0.15) is 5.70 Å². The third-order valence-electron chi connectivity index (χ3n) is 4.31. The van der Waals surface area contributed by atoms with Crippen molar-refractivity contribution in [1.82, 2.24) is 5.32 Å². The van der Waals surface area contributed by atoms with Crippen molar-refractivity contribution >= 4 is 45.2 Å². The molecule has 7 nitrogen and oxygen atoms in total. The van der Waals surface area contributed by atoms with Crippen LogP contribution in [0.2, 0.25) is 0 Å². The second-order valence-corrected chi connectivity index (χ2v) is 7.52. The Hall–Kier alpha value is -3.78. The Morgan fingerprint density at radius 2 is 1.71 bits per heavy atom. The number of hydrogen-bond acceptors (Lipinski definition) is 4. The molecule has 0 saturated heterocycles. The van der Waals surface area contributed by atoms with E-state index >= 15 is 0 Å². The number of hydrogen-bond donors (Lipinski definition) is 2. The highest BCUT2D eigenvalue weighted by atomic mass is 79.9. The third-order valence-corrected chi connectivity index (χ3v) is 5.00. The van der Waals surface area contributed by atoms with Gasteiger partial charge in [0.05, 0.1) is 10.5 Å². The van der Waals surface area contributed by atoms with Gasteiger partial charge >= 0.3 is 0 Å². The number of non-ortho nitro benzene ring substituents is 1. The van der Waals surface area contributed by atoms with Crippen LogP contribution in [-0.2, 0) is 4.79 Å². The van der Waals surface area contributed by atoms with Crippen molar-refractivity contribution in [3.05, 3.63) is 110 Å². The highest BCUT2D eigenvalue weighted by Crippen LogP contribution is 2.19. The smallest absolute Gasteiger partial charge is 0.272 e. The predicted octanol–water partition coefficient (Wildman–Crippen LogP) is 5.08. The Kier molecular flexibility index (Phi) is 6.94. The van der Waals surface area contributed by atoms with Gasteiger partial charge in [-0.15, -0.1) is 0 Å². The highest BCUT2D eigenvalue weighted by Gasteiger charge is 2.17. The van der Waals surface area contributed by atoms with Crippen molar-refractivity contribution in [1.29, 1.82) is 0 Å². The quantitative estimate of drug-likeness (QED) is 0.292. The Morgan fingerprint density at radius 1 is 1.00 bits per heavy atom. The zero-order chi connectivity index (χ0) is 22.4. The Labute approximate surface area is 187 Å². The van der Waals surface area contributed by atoms with E-state index in [0.29, 0.717) is 21.3 Å². The van der Waals surface area contributed by atoms with E-state index in [9.17, 15) is 19.7 Å². The number of anilines is 1. The zero-order valence-corrected chi connectivity index (χ0v) is 18.0. The summed E-state index contributed by atoms with van der Waals surface area (Å²) in [5.74, 6) is -1.06. The normalized spacial score (nSPS) is 11.0. The number of carbonyl (C=O) groups excluding carboxylic acids is 2. The molecule has 0 radical (unpaired) electrons. The molecule has 0 saturated carbocycles. The lowest BCUT2D eigenvalue weighted by Crippen LogP contribution is -2.31. The van der Waals surface area contributed by atoms with Gasteiger partial charge in [-0.1, -0.05) is 42.0 Å². The topological polar surface area (TPSA) is 101 Å². The molecule has 0 spiro atoms. The predicted molar refractivity (Wildman–Crippen MR) is 122 cm³/mol. The number of halogens is 1. The number of carbonyl (C=O) groups is 2. The van der Waals surface area contributed by atoms with E-state index in [1.807, 2.05) is 19.1 Å². The number of nitro benzene ring substituents is 1. The van der Waals surface area contributed by atoms with Gasteiger partial charge in [0, 0.05) is 22.3 Å². The summed E-state index contributed by atoms with van der Waals surface area (Å²) in [5, 5.41) is 16.4. The van der Waals surface area contributed by atoms with Crippen molar-refractivity contribution < 1.29 is 14.5 Å². The number of nitro groups is 1. The van der Waals surface area contributed by atoms with E-state index in [2.05, 4.69) is 26.6 Å². The fraction of sp³-hybridized carbons (Fsp3) is 0.0435. The maximum atomic E-state index is 12.9. The van der Waals surface area contributed by atoms with Crippen molar-refractivity contribution in [3.63, 3.8) is 0 Å². The standard InChI is InChI=1S/C23H18BrN3O4/c1-15-9-11-17(12-10-15)25-23(29)21(14-16-5-4-6-18(13-16)27(30)31)26-22(28)19-7-2-3-8-20(19)24/h2-14H,1H3,(H,25,29)(H,26,28)/b21-14+. The monoisotopic (exact) mass is 479 g/mol. The summed E-state index contributed by atoms with van der Waals surface area (Å²) in [4.78, 5) is 36.3. The first kappa shape index (κ1) is 21.9. The largest absolute Gasteiger partial charge is 0.321 e. The molecule has 3 aromatic rings. The number of aryl methyl sites for hydroxylation is 1. The number of rotatable bonds is 6. The molecule has 8 heteroatoms. The fourth-order valence-electron chi connectivity index (χ4n) is 2.72. The molecule has 3 aromatic carbocycles. The Bertz CT molecular complexity index is 1170. The molecule has 0 atom stereocenters. The van der Waals surface area contributed by atoms with Crippen LogP contribution in [0.3, 0.4) is 0 Å². The van der Waals surface area contributed by atoms with Crippen LogP contribution in [0, 0.1) is 17.0 Å². The van der Waals surface area contributed by atoms with Gasteiger partial charge in [-0.05, 0) is 58.8 Å². The second-order valence-electron chi connectivity index (χ2n) is 6.66. The minimum atomic E-state index is -0.559. The summed E-state index contributed by atoms with van der Waals surface area (Å²) in [6.07, 6.45) is 1.39. The average Bonchev–Trinajstić information content (AvgIpc) is 2.75. The number of nitrogens with zero attached hydrogens (tertiary/aromatic N) is 1. The lowest BCUT2D eigenvalue weighted by molar-refractivity contribution is -0.384. The Morgan fingerprint density at radius 3 is 2.39 bits per heavy atom. The minimum Gasteiger partial charge on any atom is -0.321 e. The van der Waals surface area contributed by atoms with Crippen LogP contribution < -0.4 is 10.6 Å². The molecule has 0 bridgehead atoms. The van der Waals surface area contributed by atoms with Crippen molar-refractivity contribution in [2.75, 3.05) is 5.32 Å². The summed E-state index contributed by atoms with van der Waals surface area (Å²) in [7, 11) is 0. The van der Waals surface area contributed by atoms with Gasteiger partial charge in [-0.25, -0.2) is 0 Å². The molecular formula is C23H18BrN3O4. The lowest BCUT2D eigenvalue weighted by atomic mass is 10.1. The molecule has 0 aliphatic heterocycles. The number of benzene rings is 3. The van der Waals surface area contributed by atoms with Crippen LogP contribution in [0.15, 0.2) is 83.0 Å². The number of amides is 2.